The Morgan fingerprint density at radius 2 is 1.83 bits per heavy atom. The maximum absolute atomic E-state index is 9.68. The van der Waals surface area contributed by atoms with Gasteiger partial charge < -0.3 is 15.3 Å². The summed E-state index contributed by atoms with van der Waals surface area (Å²) in [7, 11) is 0. The van der Waals surface area contributed by atoms with Gasteiger partial charge in [-0.15, -0.1) is 0 Å². The van der Waals surface area contributed by atoms with Crippen molar-refractivity contribution in [2.45, 2.75) is 64.6 Å². The number of hydrogen-bond donors (Lipinski definition) is 2. The molecule has 106 valence electrons. The van der Waals surface area contributed by atoms with Crippen LogP contribution in [0.5, 0.6) is 0 Å². The van der Waals surface area contributed by atoms with Crippen LogP contribution in [0.15, 0.2) is 0 Å². The van der Waals surface area contributed by atoms with Crippen molar-refractivity contribution in [3.8, 4) is 0 Å². The summed E-state index contributed by atoms with van der Waals surface area (Å²) in [5.74, 6) is 1.62. The third kappa shape index (κ3) is 3.46. The van der Waals surface area contributed by atoms with Gasteiger partial charge in [-0.05, 0) is 44.9 Å². The minimum absolute atomic E-state index is 0.102. The summed E-state index contributed by atoms with van der Waals surface area (Å²) in [6, 6.07) is 1.21. The molecule has 2 aliphatic rings. The maximum Gasteiger partial charge on any atom is 0.0611 e. The highest BCUT2D eigenvalue weighted by atomic mass is 16.3. The predicted octanol–water partition coefficient (Wildman–Crippen LogP) is 1.86. The van der Waals surface area contributed by atoms with E-state index >= 15 is 0 Å². The van der Waals surface area contributed by atoms with Crippen LogP contribution in [0.4, 0.5) is 0 Å². The van der Waals surface area contributed by atoms with Gasteiger partial charge in [0, 0.05) is 30.7 Å². The van der Waals surface area contributed by atoms with Crippen LogP contribution in [0.25, 0.3) is 0 Å². The van der Waals surface area contributed by atoms with Crippen molar-refractivity contribution in [3.05, 3.63) is 0 Å². The molecule has 1 saturated heterocycles. The monoisotopic (exact) mass is 254 g/mol. The van der Waals surface area contributed by atoms with Crippen molar-refractivity contribution in [1.82, 2.24) is 10.2 Å². The molecule has 2 rings (SSSR count). The van der Waals surface area contributed by atoms with Crippen molar-refractivity contribution in [2.24, 2.45) is 11.8 Å². The second-order valence-corrected chi connectivity index (χ2v) is 7.10. The molecular weight excluding hydrogens is 224 g/mol. The zero-order valence-corrected chi connectivity index (χ0v) is 12.4. The van der Waals surface area contributed by atoms with Crippen molar-refractivity contribution in [2.75, 3.05) is 19.7 Å². The van der Waals surface area contributed by atoms with Gasteiger partial charge in [-0.2, -0.15) is 0 Å². The first-order valence-electron chi connectivity index (χ1n) is 7.56. The average Bonchev–Trinajstić information content (AvgIpc) is 3.04. The molecule has 0 aromatic rings. The van der Waals surface area contributed by atoms with E-state index in [-0.39, 0.29) is 12.1 Å². The Kier molecular flexibility index (Phi) is 4.35. The van der Waals surface area contributed by atoms with E-state index < -0.39 is 0 Å². The molecule has 0 aromatic carbocycles. The Bertz CT molecular complexity index is 270. The summed E-state index contributed by atoms with van der Waals surface area (Å²) in [4.78, 5) is 2.60. The molecule has 0 bridgehead atoms. The zero-order chi connectivity index (χ0) is 13.3. The van der Waals surface area contributed by atoms with Gasteiger partial charge in [-0.25, -0.2) is 0 Å². The molecule has 3 nitrogen and oxygen atoms in total. The first kappa shape index (κ1) is 14.3. The highest BCUT2D eigenvalue weighted by molar-refractivity contribution is 4.95. The second-order valence-electron chi connectivity index (χ2n) is 7.10. The normalized spacial score (nSPS) is 34.5. The fourth-order valence-electron chi connectivity index (χ4n) is 3.20. The summed E-state index contributed by atoms with van der Waals surface area (Å²) < 4.78 is 0. The molecule has 0 radical (unpaired) electrons. The van der Waals surface area contributed by atoms with Crippen molar-refractivity contribution < 1.29 is 5.11 Å². The van der Waals surface area contributed by atoms with Crippen LogP contribution in [0.1, 0.15) is 47.0 Å². The van der Waals surface area contributed by atoms with Gasteiger partial charge >= 0.3 is 0 Å². The largest absolute Gasteiger partial charge is 0.394 e. The number of nitrogens with one attached hydrogen (secondary N) is 1. The van der Waals surface area contributed by atoms with Gasteiger partial charge in [0.05, 0.1) is 6.61 Å². The van der Waals surface area contributed by atoms with Crippen LogP contribution in [-0.4, -0.2) is 47.3 Å². The topological polar surface area (TPSA) is 35.5 Å². The van der Waals surface area contributed by atoms with Crippen molar-refractivity contribution in [1.29, 1.82) is 0 Å². The molecular formula is C15H30N2O. The van der Waals surface area contributed by atoms with E-state index in [9.17, 15) is 5.11 Å². The minimum atomic E-state index is -0.102. The second kappa shape index (κ2) is 5.48. The fraction of sp³-hybridized carbons (Fsp3) is 1.00. The van der Waals surface area contributed by atoms with Gasteiger partial charge in [-0.3, -0.25) is 0 Å². The predicted molar refractivity (Wildman–Crippen MR) is 75.6 cm³/mol. The maximum atomic E-state index is 9.68. The van der Waals surface area contributed by atoms with Crippen molar-refractivity contribution >= 4 is 0 Å². The van der Waals surface area contributed by atoms with E-state index in [1.54, 1.807) is 0 Å². The number of rotatable bonds is 6. The smallest absolute Gasteiger partial charge is 0.0611 e. The third-order valence-corrected chi connectivity index (χ3v) is 4.86. The zero-order valence-electron chi connectivity index (χ0n) is 12.4. The molecule has 1 aliphatic carbocycles. The lowest BCUT2D eigenvalue weighted by molar-refractivity contribution is 0.122. The molecule has 0 aromatic heterocycles. The standard InChI is InChI=1S/C15H30N2O/c1-11-8-17(9-12(11)2)13(3)7-15(4,10-18)16-14-5-6-14/h11-14,16,18H,5-10H2,1-4H3. The molecule has 3 heteroatoms. The summed E-state index contributed by atoms with van der Waals surface area (Å²) in [5, 5.41) is 13.3. The number of hydrogen-bond acceptors (Lipinski definition) is 3. The van der Waals surface area contributed by atoms with E-state index in [1.807, 2.05) is 0 Å². The molecule has 4 unspecified atom stereocenters. The molecule has 18 heavy (non-hydrogen) atoms. The highest BCUT2D eigenvalue weighted by Crippen LogP contribution is 2.29. The van der Waals surface area contributed by atoms with Crippen molar-refractivity contribution in [3.63, 3.8) is 0 Å². The molecule has 1 heterocycles. The molecule has 2 fully saturated rings. The van der Waals surface area contributed by atoms with Gasteiger partial charge in [0.2, 0.25) is 0 Å². The van der Waals surface area contributed by atoms with E-state index in [0.29, 0.717) is 12.1 Å². The third-order valence-electron chi connectivity index (χ3n) is 4.86. The van der Waals surface area contributed by atoms with Crippen LogP contribution in [0.2, 0.25) is 0 Å². The first-order chi connectivity index (χ1) is 8.43. The lowest BCUT2D eigenvalue weighted by Gasteiger charge is -2.35. The minimum Gasteiger partial charge on any atom is -0.394 e. The molecule has 2 N–H and O–H groups in total. The lowest BCUT2D eigenvalue weighted by atomic mass is 9.93. The molecule has 1 saturated carbocycles. The molecule has 4 atom stereocenters. The van der Waals surface area contributed by atoms with Gasteiger partial charge in [0.1, 0.15) is 0 Å². The lowest BCUT2D eigenvalue weighted by Crippen LogP contribution is -2.51. The van der Waals surface area contributed by atoms with Gasteiger partial charge in [0.25, 0.3) is 0 Å². The van der Waals surface area contributed by atoms with E-state index in [1.165, 1.54) is 25.9 Å². The summed E-state index contributed by atoms with van der Waals surface area (Å²) >= 11 is 0. The first-order valence-corrected chi connectivity index (χ1v) is 7.56. The Labute approximate surface area is 112 Å². The van der Waals surface area contributed by atoms with Crippen LogP contribution < -0.4 is 5.32 Å². The van der Waals surface area contributed by atoms with Gasteiger partial charge in [0.15, 0.2) is 0 Å². The molecule has 0 spiro atoms. The Balaban J connectivity index is 1.86. The average molecular weight is 254 g/mol. The van der Waals surface area contributed by atoms with Crippen LogP contribution >= 0.6 is 0 Å². The Hall–Kier alpha value is -0.120. The van der Waals surface area contributed by atoms with E-state index in [0.717, 1.165) is 18.3 Å². The van der Waals surface area contributed by atoms with E-state index in [4.69, 9.17) is 0 Å². The summed E-state index contributed by atoms with van der Waals surface area (Å²) in [5.41, 5.74) is -0.102. The highest BCUT2D eigenvalue weighted by Gasteiger charge is 2.36. The summed E-state index contributed by atoms with van der Waals surface area (Å²) in [6.45, 7) is 11.9. The molecule has 1 aliphatic heterocycles. The summed E-state index contributed by atoms with van der Waals surface area (Å²) in [6.07, 6.45) is 3.60. The van der Waals surface area contributed by atoms with Crippen LogP contribution in [0, 0.1) is 11.8 Å². The quantitative estimate of drug-likeness (QED) is 0.759. The number of nitrogens with zero attached hydrogens (tertiary/aromatic N) is 1. The van der Waals surface area contributed by atoms with Crippen LogP contribution in [-0.2, 0) is 0 Å². The fourth-order valence-corrected chi connectivity index (χ4v) is 3.20. The Morgan fingerprint density at radius 1 is 1.28 bits per heavy atom. The van der Waals surface area contributed by atoms with E-state index in [2.05, 4.69) is 37.9 Å². The number of aliphatic hydroxyl groups excluding tert-OH is 1. The Morgan fingerprint density at radius 3 is 2.28 bits per heavy atom. The van der Waals surface area contributed by atoms with Crippen LogP contribution in [0.3, 0.4) is 0 Å². The number of likely N-dealkylation sites (tertiary alicyclic amines) is 1. The SMILES string of the molecule is CC1CN(C(C)CC(C)(CO)NC2CC2)CC1C. The number of aliphatic hydroxyl groups is 1. The van der Waals surface area contributed by atoms with Gasteiger partial charge in [-0.1, -0.05) is 13.8 Å². The molecule has 0 amide bonds.